The molecule has 2 rings (SSSR count). The lowest BCUT2D eigenvalue weighted by molar-refractivity contribution is 0.313. The predicted molar refractivity (Wildman–Crippen MR) is 110 cm³/mol. The lowest BCUT2D eigenvalue weighted by Crippen LogP contribution is -2.13. The first-order valence-corrected chi connectivity index (χ1v) is 11.2. The smallest absolute Gasteiger partial charge is 0.162 e. The number of ether oxygens (including phenoxy) is 1. The molecule has 0 N–H and O–H groups in total. The Kier molecular flexibility index (Phi) is 8.52. The van der Waals surface area contributed by atoms with E-state index in [9.17, 15) is 0 Å². The fourth-order valence-electron chi connectivity index (χ4n) is 2.91. The molecule has 0 atom stereocenters. The Hall–Kier alpha value is -1.15. The molecule has 2 aromatic carbocycles. The molecule has 2 heteroatoms. The predicted octanol–water partition coefficient (Wildman–Crippen LogP) is 6.60. The Balaban J connectivity index is 2.33. The van der Waals surface area contributed by atoms with Crippen LogP contribution in [0.15, 0.2) is 41.3 Å². The molecule has 2 aromatic rings. The number of fused-ring (bicyclic) bond motifs is 1. The van der Waals surface area contributed by atoms with Gasteiger partial charge in [-0.1, -0.05) is 58.2 Å². The summed E-state index contributed by atoms with van der Waals surface area (Å²) < 4.78 is 6.06. The van der Waals surface area contributed by atoms with E-state index in [2.05, 4.69) is 57.2 Å². The van der Waals surface area contributed by atoms with Crippen LogP contribution in [0.1, 0.15) is 59.3 Å². The summed E-state index contributed by atoms with van der Waals surface area (Å²) in [6.07, 6.45) is 7.52. The first-order chi connectivity index (χ1) is 11.8. The summed E-state index contributed by atoms with van der Waals surface area (Å²) in [5, 5.41) is 2.69. The van der Waals surface area contributed by atoms with Crippen LogP contribution in [0.3, 0.4) is 0 Å². The molecule has 0 fully saturated rings. The zero-order chi connectivity index (χ0) is 17.2. The quantitative estimate of drug-likeness (QED) is 0.329. The van der Waals surface area contributed by atoms with Crippen LogP contribution < -0.4 is 4.74 Å². The normalized spacial score (nSPS) is 11.3. The van der Waals surface area contributed by atoms with Gasteiger partial charge in [0.1, 0.15) is 17.3 Å². The maximum atomic E-state index is 6.06. The van der Waals surface area contributed by atoms with Crippen LogP contribution >= 0.6 is 0 Å². The average molecular weight is 346 g/mol. The van der Waals surface area contributed by atoms with E-state index in [1.807, 2.05) is 0 Å². The van der Waals surface area contributed by atoms with E-state index in [0.29, 0.717) is 10.9 Å². The third kappa shape index (κ3) is 5.17. The Morgan fingerprint density at radius 3 is 2.00 bits per heavy atom. The highest BCUT2D eigenvalue weighted by Crippen LogP contribution is 2.33. The summed E-state index contributed by atoms with van der Waals surface area (Å²) in [6, 6.07) is 13.4. The minimum atomic E-state index is 0.367. The Morgan fingerprint density at radius 2 is 1.38 bits per heavy atom. The second-order valence-electron chi connectivity index (χ2n) is 6.42. The van der Waals surface area contributed by atoms with Crippen molar-refractivity contribution in [1.29, 1.82) is 0 Å². The van der Waals surface area contributed by atoms with Crippen LogP contribution in [0.2, 0.25) is 0 Å². The molecule has 0 saturated heterocycles. The number of benzene rings is 2. The number of hydrogen-bond donors (Lipinski definition) is 0. The number of hydrogen-bond acceptors (Lipinski definition) is 1. The zero-order valence-electron chi connectivity index (χ0n) is 15.6. The fourth-order valence-corrected chi connectivity index (χ4v) is 5.57. The first kappa shape index (κ1) is 19.2. The molecule has 0 amide bonds. The molecule has 0 spiro atoms. The van der Waals surface area contributed by atoms with Crippen LogP contribution in [0.25, 0.3) is 10.8 Å². The molecular weight excluding hydrogens is 312 g/mol. The van der Waals surface area contributed by atoms with Gasteiger partial charge in [-0.05, 0) is 37.5 Å². The fraction of sp³-hybridized carbons (Fsp3) is 0.545. The maximum absolute atomic E-state index is 6.06. The van der Waals surface area contributed by atoms with Gasteiger partial charge in [-0.3, -0.25) is 0 Å². The molecule has 0 unspecified atom stereocenters. The van der Waals surface area contributed by atoms with Crippen molar-refractivity contribution in [3.63, 3.8) is 0 Å². The van der Waals surface area contributed by atoms with Gasteiger partial charge in [0.2, 0.25) is 0 Å². The van der Waals surface area contributed by atoms with E-state index in [4.69, 9.17) is 4.74 Å². The molecule has 0 aliphatic heterocycles. The van der Waals surface area contributed by atoms with Crippen LogP contribution in [0.5, 0.6) is 5.75 Å². The van der Waals surface area contributed by atoms with Crippen molar-refractivity contribution in [1.82, 2.24) is 0 Å². The van der Waals surface area contributed by atoms with E-state index in [1.54, 1.807) is 4.90 Å². The third-order valence-electron chi connectivity index (χ3n) is 4.40. The van der Waals surface area contributed by atoms with Gasteiger partial charge in [0, 0.05) is 21.7 Å². The summed E-state index contributed by atoms with van der Waals surface area (Å²) >= 11 is 0. The lowest BCUT2D eigenvalue weighted by atomic mass is 10.1. The molecule has 0 bridgehead atoms. The van der Waals surface area contributed by atoms with E-state index in [1.165, 1.54) is 54.4 Å². The Labute approximate surface area is 151 Å². The standard InChI is InChI=1S/C22H33OS/c1-4-7-16-23-21-14-15-22(20-13-11-10-12-19(20)21)24(17-8-5-2)18-9-6-3/h10-15H,4-9,16-18H2,1-3H3/q+1. The van der Waals surface area contributed by atoms with Crippen LogP contribution in [0, 0.1) is 0 Å². The minimum absolute atomic E-state index is 0.367. The Bertz CT molecular complexity index is 600. The summed E-state index contributed by atoms with van der Waals surface area (Å²) in [7, 11) is 0.367. The average Bonchev–Trinajstić information content (AvgIpc) is 2.62. The lowest BCUT2D eigenvalue weighted by Gasteiger charge is -2.14. The molecule has 0 heterocycles. The van der Waals surface area contributed by atoms with E-state index < -0.39 is 0 Å². The van der Waals surface area contributed by atoms with Gasteiger partial charge >= 0.3 is 0 Å². The van der Waals surface area contributed by atoms with Crippen LogP contribution in [-0.2, 0) is 10.9 Å². The highest BCUT2D eigenvalue weighted by molar-refractivity contribution is 7.97. The summed E-state index contributed by atoms with van der Waals surface area (Å²) in [4.78, 5) is 1.55. The van der Waals surface area contributed by atoms with E-state index in [0.717, 1.165) is 18.8 Å². The van der Waals surface area contributed by atoms with E-state index >= 15 is 0 Å². The molecule has 0 saturated carbocycles. The second kappa shape index (κ2) is 10.7. The monoisotopic (exact) mass is 345 g/mol. The molecule has 0 aromatic heterocycles. The zero-order valence-corrected chi connectivity index (χ0v) is 16.5. The molecule has 0 radical (unpaired) electrons. The number of rotatable bonds is 11. The van der Waals surface area contributed by atoms with Gasteiger partial charge in [-0.2, -0.15) is 0 Å². The first-order valence-electron chi connectivity index (χ1n) is 9.63. The molecule has 0 aliphatic carbocycles. The van der Waals surface area contributed by atoms with E-state index in [-0.39, 0.29) is 0 Å². The largest absolute Gasteiger partial charge is 0.493 e. The third-order valence-corrected chi connectivity index (χ3v) is 6.94. The van der Waals surface area contributed by atoms with Crippen molar-refractivity contribution in [3.05, 3.63) is 36.4 Å². The van der Waals surface area contributed by atoms with Crippen molar-refractivity contribution in [2.75, 3.05) is 18.1 Å². The van der Waals surface area contributed by atoms with Gasteiger partial charge in [-0.25, -0.2) is 0 Å². The number of unbranched alkanes of at least 4 members (excludes halogenated alkanes) is 3. The Morgan fingerprint density at radius 1 is 0.750 bits per heavy atom. The topological polar surface area (TPSA) is 9.23 Å². The molecule has 0 aliphatic rings. The summed E-state index contributed by atoms with van der Waals surface area (Å²) in [5.41, 5.74) is 0. The van der Waals surface area contributed by atoms with Crippen molar-refractivity contribution < 1.29 is 4.74 Å². The molecule has 24 heavy (non-hydrogen) atoms. The van der Waals surface area contributed by atoms with Crippen molar-refractivity contribution in [2.45, 2.75) is 64.2 Å². The maximum Gasteiger partial charge on any atom is 0.162 e. The minimum Gasteiger partial charge on any atom is -0.493 e. The van der Waals surface area contributed by atoms with Gasteiger partial charge < -0.3 is 4.74 Å². The van der Waals surface area contributed by atoms with Gasteiger partial charge in [-0.15, -0.1) is 0 Å². The van der Waals surface area contributed by atoms with Crippen LogP contribution in [-0.4, -0.2) is 18.1 Å². The van der Waals surface area contributed by atoms with Gasteiger partial charge in [0.15, 0.2) is 4.90 Å². The van der Waals surface area contributed by atoms with Crippen LogP contribution in [0.4, 0.5) is 0 Å². The van der Waals surface area contributed by atoms with Crippen molar-refractivity contribution in [3.8, 4) is 5.75 Å². The molecule has 1 nitrogen and oxygen atoms in total. The van der Waals surface area contributed by atoms with Gasteiger partial charge in [0.05, 0.1) is 6.61 Å². The summed E-state index contributed by atoms with van der Waals surface area (Å²) in [5.74, 6) is 3.71. The second-order valence-corrected chi connectivity index (χ2v) is 8.66. The molecule has 132 valence electrons. The van der Waals surface area contributed by atoms with Crippen molar-refractivity contribution >= 4 is 21.7 Å². The SMILES string of the molecule is CCCCOc1ccc([S+](CCCC)CCCC)c2ccccc12. The highest BCUT2D eigenvalue weighted by atomic mass is 32.2. The highest BCUT2D eigenvalue weighted by Gasteiger charge is 2.24. The summed E-state index contributed by atoms with van der Waals surface area (Å²) in [6.45, 7) is 7.61. The molecular formula is C22H33OS+. The van der Waals surface area contributed by atoms with Crippen molar-refractivity contribution in [2.24, 2.45) is 0 Å². The van der Waals surface area contributed by atoms with Gasteiger partial charge in [0.25, 0.3) is 0 Å².